The molecule has 7 heteroatoms. The summed E-state index contributed by atoms with van der Waals surface area (Å²) in [7, 11) is 1.89. The van der Waals surface area contributed by atoms with Gasteiger partial charge >= 0.3 is 0 Å². The second kappa shape index (κ2) is 7.78. The van der Waals surface area contributed by atoms with Crippen molar-refractivity contribution < 1.29 is 0 Å². The molecule has 158 valence electrons. The number of anilines is 1. The zero-order valence-electron chi connectivity index (χ0n) is 17.5. The summed E-state index contributed by atoms with van der Waals surface area (Å²) in [6.45, 7) is 2.17. The van der Waals surface area contributed by atoms with E-state index in [4.69, 9.17) is 5.73 Å². The molecular formula is C24H24IN5O. The number of benzene rings is 1. The van der Waals surface area contributed by atoms with Crippen molar-refractivity contribution >= 4 is 39.2 Å². The molecule has 1 aliphatic rings. The van der Waals surface area contributed by atoms with Gasteiger partial charge in [0.2, 0.25) is 0 Å². The van der Waals surface area contributed by atoms with Crippen LogP contribution in [0.4, 0.5) is 5.82 Å². The van der Waals surface area contributed by atoms with Gasteiger partial charge in [-0.1, -0.05) is 25.1 Å². The lowest BCUT2D eigenvalue weighted by molar-refractivity contribution is 0.601. The van der Waals surface area contributed by atoms with Crippen molar-refractivity contribution in [1.82, 2.24) is 19.3 Å². The minimum absolute atomic E-state index is 0.0940. The number of pyridine rings is 2. The number of nitrogen functional groups attached to an aromatic ring is 1. The Bertz CT molecular complexity index is 1350. The van der Waals surface area contributed by atoms with E-state index < -0.39 is 0 Å². The Hall–Kier alpha value is -2.68. The van der Waals surface area contributed by atoms with Crippen LogP contribution < -0.4 is 11.3 Å². The van der Waals surface area contributed by atoms with Crippen LogP contribution in [0.2, 0.25) is 0 Å². The highest BCUT2D eigenvalue weighted by Gasteiger charge is 2.30. The van der Waals surface area contributed by atoms with Crippen LogP contribution in [0.25, 0.3) is 21.9 Å². The third-order valence-electron chi connectivity index (χ3n) is 5.98. The Balaban J connectivity index is 1.66. The van der Waals surface area contributed by atoms with Gasteiger partial charge in [0.25, 0.3) is 5.56 Å². The van der Waals surface area contributed by atoms with Gasteiger partial charge < -0.3 is 10.3 Å². The number of aromatic nitrogens is 4. The van der Waals surface area contributed by atoms with E-state index >= 15 is 0 Å². The van der Waals surface area contributed by atoms with Crippen molar-refractivity contribution in [1.29, 1.82) is 0 Å². The quantitative estimate of drug-likeness (QED) is 0.385. The average Bonchev–Trinajstić information content (AvgIpc) is 3.49. The van der Waals surface area contributed by atoms with Crippen molar-refractivity contribution in [2.75, 3.05) is 5.73 Å². The molecule has 1 atom stereocenters. The number of nitrogens with zero attached hydrogens (tertiary/aromatic N) is 4. The molecule has 6 nitrogen and oxygen atoms in total. The molecule has 0 bridgehead atoms. The third kappa shape index (κ3) is 3.75. The molecule has 2 N–H and O–H groups in total. The lowest BCUT2D eigenvalue weighted by atomic mass is 9.95. The number of hydrogen-bond acceptors (Lipinski definition) is 4. The Morgan fingerprint density at radius 1 is 1.26 bits per heavy atom. The Kier molecular flexibility index (Phi) is 5.08. The molecule has 1 aliphatic carbocycles. The zero-order valence-corrected chi connectivity index (χ0v) is 19.7. The summed E-state index contributed by atoms with van der Waals surface area (Å²) < 4.78 is 4.90. The van der Waals surface area contributed by atoms with Crippen molar-refractivity contribution in [2.24, 2.45) is 7.05 Å². The summed E-state index contributed by atoms with van der Waals surface area (Å²) in [4.78, 5) is 18.4. The Morgan fingerprint density at radius 2 is 2.06 bits per heavy atom. The van der Waals surface area contributed by atoms with Crippen LogP contribution in [-0.4, -0.2) is 19.3 Å². The fourth-order valence-corrected chi connectivity index (χ4v) is 4.85. The fourth-order valence-electron chi connectivity index (χ4n) is 4.32. The summed E-state index contributed by atoms with van der Waals surface area (Å²) in [5, 5.41) is 6.04. The molecule has 3 heterocycles. The topological polar surface area (TPSA) is 78.7 Å². The molecule has 3 aromatic heterocycles. The summed E-state index contributed by atoms with van der Waals surface area (Å²) in [5.74, 6) is 0.671. The first-order valence-corrected chi connectivity index (χ1v) is 11.6. The van der Waals surface area contributed by atoms with E-state index in [9.17, 15) is 4.79 Å². The van der Waals surface area contributed by atoms with Crippen molar-refractivity contribution in [2.45, 2.75) is 38.1 Å². The van der Waals surface area contributed by atoms with E-state index in [0.29, 0.717) is 5.82 Å². The highest BCUT2D eigenvalue weighted by atomic mass is 127. The van der Waals surface area contributed by atoms with Gasteiger partial charge in [-0.25, -0.2) is 4.98 Å². The molecule has 1 saturated carbocycles. The maximum atomic E-state index is 13.8. The minimum atomic E-state index is 0.0940. The maximum Gasteiger partial charge on any atom is 0.259 e. The molecule has 0 unspecified atom stereocenters. The maximum absolute atomic E-state index is 13.8. The van der Waals surface area contributed by atoms with Crippen LogP contribution in [0.15, 0.2) is 53.6 Å². The van der Waals surface area contributed by atoms with Gasteiger partial charge in [0.1, 0.15) is 5.82 Å². The first kappa shape index (κ1) is 20.2. The number of nitrogens with two attached hydrogens (primary N) is 1. The van der Waals surface area contributed by atoms with E-state index in [2.05, 4.69) is 45.7 Å². The molecule has 0 amide bonds. The molecule has 0 aliphatic heterocycles. The number of aryl methyl sites for hydroxylation is 1. The van der Waals surface area contributed by atoms with E-state index in [1.54, 1.807) is 4.68 Å². The highest BCUT2D eigenvalue weighted by Crippen LogP contribution is 2.38. The van der Waals surface area contributed by atoms with Gasteiger partial charge in [0.15, 0.2) is 0 Å². The van der Waals surface area contributed by atoms with Crippen molar-refractivity contribution in [3.8, 4) is 11.1 Å². The van der Waals surface area contributed by atoms with Gasteiger partial charge in [-0.05, 0) is 71.0 Å². The lowest BCUT2D eigenvalue weighted by Crippen LogP contribution is -2.25. The van der Waals surface area contributed by atoms with E-state index in [1.807, 2.05) is 54.3 Å². The monoisotopic (exact) mass is 525 g/mol. The fraction of sp³-hybridized carbons (Fsp3) is 0.292. The van der Waals surface area contributed by atoms with E-state index in [-0.39, 0.29) is 17.5 Å². The smallest absolute Gasteiger partial charge is 0.259 e. The van der Waals surface area contributed by atoms with Crippen LogP contribution in [-0.2, 0) is 13.5 Å². The van der Waals surface area contributed by atoms with Crippen LogP contribution >= 0.6 is 22.6 Å². The van der Waals surface area contributed by atoms with Crippen molar-refractivity contribution in [3.05, 3.63) is 74.1 Å². The second-order valence-corrected chi connectivity index (χ2v) is 9.58. The normalized spacial score (nSPS) is 14.8. The average molecular weight is 525 g/mol. The van der Waals surface area contributed by atoms with Gasteiger partial charge in [-0.2, -0.15) is 5.10 Å². The van der Waals surface area contributed by atoms with Crippen molar-refractivity contribution in [3.63, 3.8) is 0 Å². The summed E-state index contributed by atoms with van der Waals surface area (Å²) >= 11 is 2.30. The zero-order chi connectivity index (χ0) is 21.7. The Morgan fingerprint density at radius 3 is 2.77 bits per heavy atom. The molecule has 5 rings (SSSR count). The molecule has 31 heavy (non-hydrogen) atoms. The Labute approximate surface area is 194 Å². The highest BCUT2D eigenvalue weighted by molar-refractivity contribution is 14.1. The lowest BCUT2D eigenvalue weighted by Gasteiger charge is -2.21. The number of fused-ring (bicyclic) bond motifs is 1. The standard InChI is InChI=1S/C24H24IN5O/c1-14(10-20-19(25)8-9-22(26)28-20)21-11-15-4-3-5-18(16-12-27-29(2)13-16)23(15)24(31)30(21)17-6-7-17/h3-5,8-9,11-14,17H,6-7,10H2,1-2H3,(H2,26,28)/t14-/m1/s1. The van der Waals surface area contributed by atoms with Gasteiger partial charge in [-0.3, -0.25) is 9.48 Å². The van der Waals surface area contributed by atoms with Crippen LogP contribution in [0.3, 0.4) is 0 Å². The molecule has 0 saturated heterocycles. The second-order valence-electron chi connectivity index (χ2n) is 8.42. The van der Waals surface area contributed by atoms with Crippen LogP contribution in [0, 0.1) is 3.57 Å². The first-order chi connectivity index (χ1) is 14.9. The van der Waals surface area contributed by atoms with Crippen LogP contribution in [0.5, 0.6) is 0 Å². The first-order valence-electron chi connectivity index (χ1n) is 10.5. The molecule has 1 aromatic carbocycles. The molecule has 4 aromatic rings. The minimum Gasteiger partial charge on any atom is -0.384 e. The molecule has 1 fully saturated rings. The largest absolute Gasteiger partial charge is 0.384 e. The molecule has 0 spiro atoms. The van der Waals surface area contributed by atoms with Gasteiger partial charge in [0.05, 0.1) is 17.3 Å². The summed E-state index contributed by atoms with van der Waals surface area (Å²) in [5.41, 5.74) is 9.98. The molecular weight excluding hydrogens is 501 g/mol. The van der Waals surface area contributed by atoms with Crippen LogP contribution in [0.1, 0.15) is 43.1 Å². The van der Waals surface area contributed by atoms with Gasteiger partial charge in [-0.15, -0.1) is 0 Å². The van der Waals surface area contributed by atoms with E-state index in [1.165, 1.54) is 0 Å². The third-order valence-corrected chi connectivity index (χ3v) is 6.97. The molecule has 0 radical (unpaired) electrons. The number of rotatable bonds is 5. The number of halogens is 1. The van der Waals surface area contributed by atoms with E-state index in [0.717, 1.165) is 56.1 Å². The number of hydrogen-bond donors (Lipinski definition) is 1. The summed E-state index contributed by atoms with van der Waals surface area (Å²) in [6.07, 6.45) is 6.62. The summed E-state index contributed by atoms with van der Waals surface area (Å²) in [6, 6.07) is 12.4. The SMILES string of the molecule is C[C@H](Cc1nc(N)ccc1I)c1cc2cccc(-c3cnn(C)c3)c2c(=O)n1C1CC1. The predicted molar refractivity (Wildman–Crippen MR) is 132 cm³/mol. The predicted octanol–water partition coefficient (Wildman–Crippen LogP) is 4.66. The van der Waals surface area contributed by atoms with Gasteiger partial charge in [0, 0.05) is 40.0 Å².